The van der Waals surface area contributed by atoms with E-state index in [-0.39, 0.29) is 12.6 Å². The molecule has 0 aromatic carbocycles. The first kappa shape index (κ1) is 12.3. The number of aliphatic hydroxyl groups is 1. The Morgan fingerprint density at radius 2 is 2.23 bits per heavy atom. The minimum absolute atomic E-state index is 0.273. The predicted octanol–water partition coefficient (Wildman–Crippen LogP) is -0.851. The van der Waals surface area contributed by atoms with Gasteiger partial charge in [-0.15, -0.1) is 0 Å². The van der Waals surface area contributed by atoms with Crippen molar-refractivity contribution in [2.24, 2.45) is 5.73 Å². The van der Waals surface area contributed by atoms with Gasteiger partial charge in [-0.05, 0) is 26.3 Å². The van der Waals surface area contributed by atoms with Gasteiger partial charge in [-0.3, -0.25) is 4.79 Å². The van der Waals surface area contributed by atoms with Crippen molar-refractivity contribution in [2.45, 2.75) is 31.9 Å². The lowest BCUT2D eigenvalue weighted by Gasteiger charge is -2.08. The minimum Gasteiger partial charge on any atom is -0.480 e. The highest BCUT2D eigenvalue weighted by molar-refractivity contribution is 5.73. The number of carboxylic acids is 1. The SMILES string of the molecule is CC(O)CCCNCC(N)C(=O)O. The first-order valence-electron chi connectivity index (χ1n) is 4.41. The molecule has 0 fully saturated rings. The zero-order valence-corrected chi connectivity index (χ0v) is 7.86. The lowest BCUT2D eigenvalue weighted by atomic mass is 10.2. The number of carboxylic acid groups (broad SMARTS) is 1. The van der Waals surface area contributed by atoms with E-state index in [0.717, 1.165) is 12.8 Å². The molecule has 2 unspecified atom stereocenters. The molecule has 78 valence electrons. The fourth-order valence-electron chi connectivity index (χ4n) is 0.867. The monoisotopic (exact) mass is 190 g/mol. The van der Waals surface area contributed by atoms with Crippen LogP contribution in [0.4, 0.5) is 0 Å². The largest absolute Gasteiger partial charge is 0.480 e. The van der Waals surface area contributed by atoms with Crippen molar-refractivity contribution in [2.75, 3.05) is 13.1 Å². The summed E-state index contributed by atoms with van der Waals surface area (Å²) in [6.07, 6.45) is 1.24. The van der Waals surface area contributed by atoms with Crippen LogP contribution in [-0.2, 0) is 4.79 Å². The molecular weight excluding hydrogens is 172 g/mol. The fraction of sp³-hybridized carbons (Fsp3) is 0.875. The van der Waals surface area contributed by atoms with Crippen LogP contribution < -0.4 is 11.1 Å². The third kappa shape index (κ3) is 7.70. The second kappa shape index (κ2) is 6.82. The van der Waals surface area contributed by atoms with Crippen molar-refractivity contribution in [3.63, 3.8) is 0 Å². The third-order valence-corrected chi connectivity index (χ3v) is 1.66. The molecule has 0 saturated heterocycles. The Kier molecular flexibility index (Phi) is 6.48. The summed E-state index contributed by atoms with van der Waals surface area (Å²) in [5.41, 5.74) is 5.25. The van der Waals surface area contributed by atoms with E-state index in [1.54, 1.807) is 6.92 Å². The van der Waals surface area contributed by atoms with Gasteiger partial charge >= 0.3 is 5.97 Å². The lowest BCUT2D eigenvalue weighted by Crippen LogP contribution is -2.40. The topological polar surface area (TPSA) is 95.6 Å². The summed E-state index contributed by atoms with van der Waals surface area (Å²) < 4.78 is 0. The molecule has 0 aliphatic carbocycles. The summed E-state index contributed by atoms with van der Waals surface area (Å²) in [6, 6.07) is -0.841. The molecule has 0 aromatic heterocycles. The summed E-state index contributed by atoms with van der Waals surface area (Å²) in [6.45, 7) is 2.68. The van der Waals surface area contributed by atoms with Gasteiger partial charge in [0.2, 0.25) is 0 Å². The first-order chi connectivity index (χ1) is 6.04. The molecule has 5 nitrogen and oxygen atoms in total. The Morgan fingerprint density at radius 3 is 2.69 bits per heavy atom. The normalized spacial score (nSPS) is 15.3. The summed E-state index contributed by atoms with van der Waals surface area (Å²) in [5, 5.41) is 20.2. The maximum atomic E-state index is 10.3. The third-order valence-electron chi connectivity index (χ3n) is 1.66. The molecule has 0 saturated carbocycles. The fourth-order valence-corrected chi connectivity index (χ4v) is 0.867. The molecule has 0 spiro atoms. The van der Waals surface area contributed by atoms with Crippen LogP contribution >= 0.6 is 0 Å². The summed E-state index contributed by atoms with van der Waals surface area (Å²) in [4.78, 5) is 10.3. The van der Waals surface area contributed by atoms with E-state index >= 15 is 0 Å². The molecule has 0 aliphatic rings. The Bertz CT molecular complexity index is 150. The number of aliphatic carboxylic acids is 1. The quantitative estimate of drug-likeness (QED) is 0.392. The van der Waals surface area contributed by atoms with Gasteiger partial charge in [0.15, 0.2) is 0 Å². The van der Waals surface area contributed by atoms with Crippen molar-refractivity contribution in [1.29, 1.82) is 0 Å². The smallest absolute Gasteiger partial charge is 0.321 e. The number of hydrogen-bond acceptors (Lipinski definition) is 4. The van der Waals surface area contributed by atoms with E-state index in [4.69, 9.17) is 15.9 Å². The van der Waals surface area contributed by atoms with Gasteiger partial charge in [0.05, 0.1) is 6.10 Å². The van der Waals surface area contributed by atoms with E-state index < -0.39 is 12.0 Å². The van der Waals surface area contributed by atoms with Crippen molar-refractivity contribution in [3.8, 4) is 0 Å². The molecule has 0 rings (SSSR count). The highest BCUT2D eigenvalue weighted by Crippen LogP contribution is 1.93. The molecule has 0 radical (unpaired) electrons. The predicted molar refractivity (Wildman–Crippen MR) is 49.4 cm³/mol. The molecular formula is C8H18N2O3. The average Bonchev–Trinajstić information content (AvgIpc) is 2.02. The second-order valence-electron chi connectivity index (χ2n) is 3.14. The van der Waals surface area contributed by atoms with Crippen molar-refractivity contribution >= 4 is 5.97 Å². The van der Waals surface area contributed by atoms with Gasteiger partial charge in [0.25, 0.3) is 0 Å². The Hall–Kier alpha value is -0.650. The van der Waals surface area contributed by atoms with Crippen LogP contribution in [0.5, 0.6) is 0 Å². The Morgan fingerprint density at radius 1 is 1.62 bits per heavy atom. The molecule has 0 amide bonds. The summed E-state index contributed by atoms with van der Waals surface area (Å²) in [5.74, 6) is -0.997. The molecule has 2 atom stereocenters. The van der Waals surface area contributed by atoms with E-state index in [1.165, 1.54) is 0 Å². The second-order valence-corrected chi connectivity index (χ2v) is 3.14. The van der Waals surface area contributed by atoms with Gasteiger partial charge in [-0.1, -0.05) is 0 Å². The van der Waals surface area contributed by atoms with Gasteiger partial charge in [-0.2, -0.15) is 0 Å². The van der Waals surface area contributed by atoms with Crippen LogP contribution in [0.15, 0.2) is 0 Å². The highest BCUT2D eigenvalue weighted by Gasteiger charge is 2.09. The van der Waals surface area contributed by atoms with E-state index in [0.29, 0.717) is 6.54 Å². The van der Waals surface area contributed by atoms with E-state index in [9.17, 15) is 4.79 Å². The Balaban J connectivity index is 3.21. The molecule has 0 bridgehead atoms. The highest BCUT2D eigenvalue weighted by atomic mass is 16.4. The van der Waals surface area contributed by atoms with Gasteiger partial charge in [-0.25, -0.2) is 0 Å². The summed E-state index contributed by atoms with van der Waals surface area (Å²) in [7, 11) is 0. The zero-order chi connectivity index (χ0) is 10.3. The van der Waals surface area contributed by atoms with Crippen LogP contribution in [0.1, 0.15) is 19.8 Å². The number of aliphatic hydroxyl groups excluding tert-OH is 1. The summed E-state index contributed by atoms with van der Waals surface area (Å²) >= 11 is 0. The molecule has 5 N–H and O–H groups in total. The van der Waals surface area contributed by atoms with Crippen molar-refractivity contribution in [3.05, 3.63) is 0 Å². The van der Waals surface area contributed by atoms with Crippen LogP contribution in [0.3, 0.4) is 0 Å². The number of nitrogens with two attached hydrogens (primary N) is 1. The van der Waals surface area contributed by atoms with E-state index in [2.05, 4.69) is 5.32 Å². The molecule has 13 heavy (non-hydrogen) atoms. The number of hydrogen-bond donors (Lipinski definition) is 4. The molecule has 5 heteroatoms. The maximum Gasteiger partial charge on any atom is 0.321 e. The van der Waals surface area contributed by atoms with Crippen LogP contribution in [-0.4, -0.2) is 41.4 Å². The Labute approximate surface area is 77.9 Å². The number of rotatable bonds is 7. The van der Waals surface area contributed by atoms with E-state index in [1.807, 2.05) is 0 Å². The van der Waals surface area contributed by atoms with Crippen molar-refractivity contribution in [1.82, 2.24) is 5.32 Å². The average molecular weight is 190 g/mol. The molecule has 0 aromatic rings. The van der Waals surface area contributed by atoms with Crippen LogP contribution in [0, 0.1) is 0 Å². The number of nitrogens with one attached hydrogen (secondary N) is 1. The molecule has 0 heterocycles. The standard InChI is InChI=1S/C8H18N2O3/c1-6(11)3-2-4-10-5-7(9)8(12)13/h6-7,10-11H,2-5,9H2,1H3,(H,12,13). The van der Waals surface area contributed by atoms with Gasteiger partial charge in [0.1, 0.15) is 6.04 Å². The van der Waals surface area contributed by atoms with Gasteiger partial charge < -0.3 is 21.3 Å². The van der Waals surface area contributed by atoms with Crippen LogP contribution in [0.2, 0.25) is 0 Å². The number of carbonyl (C=O) groups is 1. The van der Waals surface area contributed by atoms with Crippen LogP contribution in [0.25, 0.3) is 0 Å². The maximum absolute atomic E-state index is 10.3. The lowest BCUT2D eigenvalue weighted by molar-refractivity contribution is -0.138. The minimum atomic E-state index is -0.997. The van der Waals surface area contributed by atoms with Crippen molar-refractivity contribution < 1.29 is 15.0 Å². The zero-order valence-electron chi connectivity index (χ0n) is 7.86. The first-order valence-corrected chi connectivity index (χ1v) is 4.41. The van der Waals surface area contributed by atoms with Gasteiger partial charge in [0, 0.05) is 6.54 Å². The molecule has 0 aliphatic heterocycles.